The molecular formula is C12H18. The number of hydrogen-bond donors (Lipinski definition) is 0. The summed E-state index contributed by atoms with van der Waals surface area (Å²) in [7, 11) is 0. The normalized spacial score (nSPS) is 44.8. The predicted octanol–water partition coefficient (Wildman–Crippen LogP) is 3.41. The summed E-state index contributed by atoms with van der Waals surface area (Å²) in [5.41, 5.74) is 1.39. The second-order valence-corrected chi connectivity index (χ2v) is 4.52. The molecular weight excluding hydrogens is 144 g/mol. The van der Waals surface area contributed by atoms with E-state index in [4.69, 9.17) is 0 Å². The van der Waals surface area contributed by atoms with Crippen LogP contribution >= 0.6 is 0 Å². The van der Waals surface area contributed by atoms with E-state index in [1.807, 2.05) is 0 Å². The third kappa shape index (κ3) is 1.05. The summed E-state index contributed by atoms with van der Waals surface area (Å²) in [4.78, 5) is 0. The van der Waals surface area contributed by atoms with Gasteiger partial charge in [-0.2, -0.15) is 0 Å². The Kier molecular flexibility index (Phi) is 1.86. The summed E-state index contributed by atoms with van der Waals surface area (Å²) in [6, 6.07) is 0. The van der Waals surface area contributed by atoms with Gasteiger partial charge in [-0.05, 0) is 43.4 Å². The number of hydrogen-bond acceptors (Lipinski definition) is 0. The minimum absolute atomic E-state index is 0.772. The first kappa shape index (κ1) is 8.10. The number of allylic oxidation sites excluding steroid dienone is 3. The van der Waals surface area contributed by atoms with Gasteiger partial charge in [0.15, 0.2) is 0 Å². The van der Waals surface area contributed by atoms with Crippen LogP contribution in [0.4, 0.5) is 0 Å². The van der Waals surface area contributed by atoms with E-state index in [0.717, 1.165) is 23.7 Å². The van der Waals surface area contributed by atoms with Crippen LogP contribution in [0.3, 0.4) is 0 Å². The molecule has 1 saturated carbocycles. The Morgan fingerprint density at radius 1 is 1.25 bits per heavy atom. The molecule has 0 saturated heterocycles. The summed E-state index contributed by atoms with van der Waals surface area (Å²) >= 11 is 0. The van der Waals surface area contributed by atoms with Crippen LogP contribution in [0, 0.1) is 23.7 Å². The van der Waals surface area contributed by atoms with Crippen molar-refractivity contribution in [3.63, 3.8) is 0 Å². The summed E-state index contributed by atoms with van der Waals surface area (Å²) in [6.45, 7) is 8.69. The van der Waals surface area contributed by atoms with E-state index in [9.17, 15) is 0 Å². The SMILES string of the molecule is C=C(C)C1C2C=CC(CC2)C1C. The Balaban J connectivity index is 2.26. The van der Waals surface area contributed by atoms with E-state index in [1.165, 1.54) is 18.4 Å². The highest BCUT2D eigenvalue weighted by molar-refractivity contribution is 5.16. The van der Waals surface area contributed by atoms with Crippen molar-refractivity contribution in [2.75, 3.05) is 0 Å². The lowest BCUT2D eigenvalue weighted by atomic mass is 9.61. The van der Waals surface area contributed by atoms with Gasteiger partial charge in [0.2, 0.25) is 0 Å². The lowest BCUT2D eigenvalue weighted by Crippen LogP contribution is -2.35. The van der Waals surface area contributed by atoms with Crippen molar-refractivity contribution < 1.29 is 0 Å². The largest absolute Gasteiger partial charge is 0.0998 e. The lowest BCUT2D eigenvalue weighted by molar-refractivity contribution is 0.165. The molecule has 0 nitrogen and oxygen atoms in total. The first-order valence-corrected chi connectivity index (χ1v) is 5.04. The molecule has 0 aromatic heterocycles. The third-order valence-corrected chi connectivity index (χ3v) is 3.71. The van der Waals surface area contributed by atoms with Crippen LogP contribution in [0.2, 0.25) is 0 Å². The van der Waals surface area contributed by atoms with Crippen molar-refractivity contribution >= 4 is 0 Å². The summed E-state index contributed by atoms with van der Waals surface area (Å²) in [5, 5.41) is 0. The molecule has 0 spiro atoms. The van der Waals surface area contributed by atoms with Crippen LogP contribution in [-0.4, -0.2) is 0 Å². The topological polar surface area (TPSA) is 0 Å². The van der Waals surface area contributed by atoms with Crippen molar-refractivity contribution in [3.8, 4) is 0 Å². The Labute approximate surface area is 75.4 Å². The molecule has 0 heteroatoms. The average Bonchev–Trinajstić information content (AvgIpc) is 2.05. The molecule has 0 radical (unpaired) electrons. The van der Waals surface area contributed by atoms with Crippen LogP contribution in [0.15, 0.2) is 24.3 Å². The second kappa shape index (κ2) is 2.76. The molecule has 3 rings (SSSR count). The maximum atomic E-state index is 4.11. The Bertz CT molecular complexity index is 224. The molecule has 0 aromatic rings. The van der Waals surface area contributed by atoms with Crippen LogP contribution in [0.1, 0.15) is 26.7 Å². The van der Waals surface area contributed by atoms with E-state index < -0.39 is 0 Å². The molecule has 0 amide bonds. The van der Waals surface area contributed by atoms with E-state index in [-0.39, 0.29) is 0 Å². The van der Waals surface area contributed by atoms with Gasteiger partial charge in [0, 0.05) is 0 Å². The van der Waals surface area contributed by atoms with Crippen LogP contribution in [-0.2, 0) is 0 Å². The Morgan fingerprint density at radius 3 is 2.17 bits per heavy atom. The standard InChI is InChI=1S/C12H18/c1-8(2)12-9(3)10-4-6-11(12)7-5-10/h4,6,9-12H,1,5,7H2,2-3H3. The fourth-order valence-electron chi connectivity index (χ4n) is 3.07. The van der Waals surface area contributed by atoms with Gasteiger partial charge in [0.25, 0.3) is 0 Å². The minimum atomic E-state index is 0.772. The maximum absolute atomic E-state index is 4.11. The molecule has 66 valence electrons. The van der Waals surface area contributed by atoms with Gasteiger partial charge in [-0.3, -0.25) is 0 Å². The number of rotatable bonds is 1. The van der Waals surface area contributed by atoms with E-state index in [2.05, 4.69) is 32.6 Å². The zero-order valence-electron chi connectivity index (χ0n) is 8.09. The lowest BCUT2D eigenvalue weighted by Gasteiger charge is -2.44. The zero-order valence-corrected chi connectivity index (χ0v) is 8.09. The Morgan fingerprint density at radius 2 is 1.83 bits per heavy atom. The van der Waals surface area contributed by atoms with Gasteiger partial charge in [-0.25, -0.2) is 0 Å². The monoisotopic (exact) mass is 162 g/mol. The minimum Gasteiger partial charge on any atom is -0.0998 e. The van der Waals surface area contributed by atoms with E-state index in [0.29, 0.717) is 0 Å². The fourth-order valence-corrected chi connectivity index (χ4v) is 3.07. The molecule has 3 aliphatic carbocycles. The molecule has 3 aliphatic rings. The van der Waals surface area contributed by atoms with Gasteiger partial charge in [0.1, 0.15) is 0 Å². The molecule has 2 bridgehead atoms. The molecule has 0 aliphatic heterocycles. The highest BCUT2D eigenvalue weighted by Crippen LogP contribution is 2.46. The third-order valence-electron chi connectivity index (χ3n) is 3.71. The highest BCUT2D eigenvalue weighted by Gasteiger charge is 2.37. The maximum Gasteiger partial charge on any atom is -0.0114 e. The predicted molar refractivity (Wildman–Crippen MR) is 52.8 cm³/mol. The van der Waals surface area contributed by atoms with Crippen molar-refractivity contribution in [1.29, 1.82) is 0 Å². The summed E-state index contributed by atoms with van der Waals surface area (Å²) < 4.78 is 0. The molecule has 12 heavy (non-hydrogen) atoms. The summed E-state index contributed by atoms with van der Waals surface area (Å²) in [5.74, 6) is 3.26. The van der Waals surface area contributed by atoms with Gasteiger partial charge >= 0.3 is 0 Å². The molecule has 4 unspecified atom stereocenters. The van der Waals surface area contributed by atoms with Crippen molar-refractivity contribution in [3.05, 3.63) is 24.3 Å². The van der Waals surface area contributed by atoms with Gasteiger partial charge < -0.3 is 0 Å². The van der Waals surface area contributed by atoms with Crippen LogP contribution in [0.25, 0.3) is 0 Å². The summed E-state index contributed by atoms with van der Waals surface area (Å²) in [6.07, 6.45) is 7.65. The fraction of sp³-hybridized carbons (Fsp3) is 0.667. The average molecular weight is 162 g/mol. The number of fused-ring (bicyclic) bond motifs is 2. The molecule has 4 atom stereocenters. The van der Waals surface area contributed by atoms with Gasteiger partial charge in [-0.15, -0.1) is 0 Å². The quantitative estimate of drug-likeness (QED) is 0.518. The first-order chi connectivity index (χ1) is 5.70. The van der Waals surface area contributed by atoms with E-state index >= 15 is 0 Å². The van der Waals surface area contributed by atoms with E-state index in [1.54, 1.807) is 0 Å². The van der Waals surface area contributed by atoms with Crippen LogP contribution < -0.4 is 0 Å². The molecule has 0 heterocycles. The van der Waals surface area contributed by atoms with Crippen molar-refractivity contribution in [2.45, 2.75) is 26.7 Å². The molecule has 0 aromatic carbocycles. The second-order valence-electron chi connectivity index (χ2n) is 4.52. The van der Waals surface area contributed by atoms with Gasteiger partial charge in [0.05, 0.1) is 0 Å². The first-order valence-electron chi connectivity index (χ1n) is 5.04. The molecule has 1 fully saturated rings. The smallest absolute Gasteiger partial charge is 0.0114 e. The molecule has 0 N–H and O–H groups in total. The zero-order chi connectivity index (χ0) is 8.72. The van der Waals surface area contributed by atoms with Gasteiger partial charge in [-0.1, -0.05) is 31.2 Å². The van der Waals surface area contributed by atoms with Crippen molar-refractivity contribution in [1.82, 2.24) is 0 Å². The van der Waals surface area contributed by atoms with Crippen LogP contribution in [0.5, 0.6) is 0 Å². The Hall–Kier alpha value is -0.520. The highest BCUT2D eigenvalue weighted by atomic mass is 14.4. The van der Waals surface area contributed by atoms with Crippen molar-refractivity contribution in [2.24, 2.45) is 23.7 Å².